The molecular formula is C9H11BrFN. The molecule has 3 heteroatoms. The number of rotatable bonds is 2. The van der Waals surface area contributed by atoms with E-state index in [4.69, 9.17) is 5.73 Å². The van der Waals surface area contributed by atoms with E-state index in [1.165, 1.54) is 0 Å². The third kappa shape index (κ3) is 2.29. The minimum Gasteiger partial charge on any atom is -0.327 e. The molecule has 1 aromatic carbocycles. The second kappa shape index (κ2) is 4.01. The van der Waals surface area contributed by atoms with Crippen molar-refractivity contribution in [3.05, 3.63) is 33.8 Å². The van der Waals surface area contributed by atoms with Crippen LogP contribution in [0.4, 0.5) is 4.39 Å². The highest BCUT2D eigenvalue weighted by molar-refractivity contribution is 9.10. The largest absolute Gasteiger partial charge is 0.327 e. The second-order valence-corrected chi connectivity index (χ2v) is 3.68. The van der Waals surface area contributed by atoms with Crippen molar-refractivity contribution in [1.29, 1.82) is 0 Å². The summed E-state index contributed by atoms with van der Waals surface area (Å²) in [5.41, 5.74) is 6.89. The number of benzene rings is 1. The van der Waals surface area contributed by atoms with Crippen molar-refractivity contribution in [1.82, 2.24) is 0 Å². The summed E-state index contributed by atoms with van der Waals surface area (Å²) in [4.78, 5) is 0. The molecule has 66 valence electrons. The molecule has 0 fully saturated rings. The van der Waals surface area contributed by atoms with Crippen LogP contribution in [0.3, 0.4) is 0 Å². The quantitative estimate of drug-likeness (QED) is 0.833. The summed E-state index contributed by atoms with van der Waals surface area (Å²) < 4.78 is 14.0. The summed E-state index contributed by atoms with van der Waals surface area (Å²) in [7, 11) is 0. The normalized spacial score (nSPS) is 13.0. The third-order valence-electron chi connectivity index (χ3n) is 1.63. The lowest BCUT2D eigenvalue weighted by Crippen LogP contribution is -2.07. The maximum Gasteiger partial charge on any atom is 0.137 e. The minimum absolute atomic E-state index is 0.0376. The van der Waals surface area contributed by atoms with Crippen LogP contribution in [0.15, 0.2) is 22.7 Å². The Kier molecular flexibility index (Phi) is 3.23. The molecule has 1 rings (SSSR count). The maximum absolute atomic E-state index is 13.1. The van der Waals surface area contributed by atoms with Crippen LogP contribution in [0.25, 0.3) is 0 Å². The lowest BCUT2D eigenvalue weighted by molar-refractivity contribution is 0.352. The molecule has 0 aromatic heterocycles. The van der Waals surface area contributed by atoms with Crippen LogP contribution in [-0.2, 0) is 0 Å². The molecule has 0 spiro atoms. The molecule has 0 amide bonds. The standard InChI is InChI=1S/C9H11BrFN/c1-6-2-7(9(11)5-12)4-8(10)3-6/h2-4,9H,5,12H2,1H3. The number of hydrogen-bond acceptors (Lipinski definition) is 1. The van der Waals surface area contributed by atoms with Gasteiger partial charge in [-0.15, -0.1) is 0 Å². The number of aryl methyl sites for hydroxylation is 1. The Morgan fingerprint density at radius 1 is 1.50 bits per heavy atom. The van der Waals surface area contributed by atoms with E-state index in [-0.39, 0.29) is 6.54 Å². The zero-order valence-corrected chi connectivity index (χ0v) is 8.44. The van der Waals surface area contributed by atoms with Crippen molar-refractivity contribution in [3.8, 4) is 0 Å². The molecule has 1 atom stereocenters. The maximum atomic E-state index is 13.1. The topological polar surface area (TPSA) is 26.0 Å². The predicted molar refractivity (Wildman–Crippen MR) is 51.8 cm³/mol. The van der Waals surface area contributed by atoms with Gasteiger partial charge >= 0.3 is 0 Å². The van der Waals surface area contributed by atoms with Crippen LogP contribution in [-0.4, -0.2) is 6.54 Å². The van der Waals surface area contributed by atoms with Crippen LogP contribution in [0.1, 0.15) is 17.3 Å². The number of hydrogen-bond donors (Lipinski definition) is 1. The molecule has 0 aliphatic rings. The van der Waals surface area contributed by atoms with Crippen LogP contribution in [0.5, 0.6) is 0 Å². The Morgan fingerprint density at radius 2 is 2.17 bits per heavy atom. The molecule has 0 bridgehead atoms. The molecule has 0 aliphatic heterocycles. The highest BCUT2D eigenvalue weighted by atomic mass is 79.9. The van der Waals surface area contributed by atoms with Gasteiger partial charge in [-0.3, -0.25) is 0 Å². The summed E-state index contributed by atoms with van der Waals surface area (Å²) in [5, 5.41) is 0. The first-order valence-corrected chi connectivity index (χ1v) is 4.54. The number of nitrogens with two attached hydrogens (primary N) is 1. The smallest absolute Gasteiger partial charge is 0.137 e. The van der Waals surface area contributed by atoms with E-state index in [9.17, 15) is 4.39 Å². The van der Waals surface area contributed by atoms with Gasteiger partial charge in [-0.2, -0.15) is 0 Å². The molecule has 12 heavy (non-hydrogen) atoms. The van der Waals surface area contributed by atoms with Crippen molar-refractivity contribution >= 4 is 15.9 Å². The van der Waals surface area contributed by atoms with Gasteiger partial charge in [0.2, 0.25) is 0 Å². The fourth-order valence-electron chi connectivity index (χ4n) is 1.08. The van der Waals surface area contributed by atoms with E-state index in [1.807, 2.05) is 19.1 Å². The first-order valence-electron chi connectivity index (χ1n) is 3.74. The van der Waals surface area contributed by atoms with Gasteiger partial charge in [-0.05, 0) is 30.2 Å². The summed E-state index contributed by atoms with van der Waals surface area (Å²) in [6.07, 6.45) is -1.05. The van der Waals surface area contributed by atoms with Crippen molar-refractivity contribution in [3.63, 3.8) is 0 Å². The van der Waals surface area contributed by atoms with Gasteiger partial charge < -0.3 is 5.73 Å². The summed E-state index contributed by atoms with van der Waals surface area (Å²) in [5.74, 6) is 0. The van der Waals surface area contributed by atoms with Gasteiger partial charge in [0, 0.05) is 11.0 Å². The lowest BCUT2D eigenvalue weighted by Gasteiger charge is -2.06. The van der Waals surface area contributed by atoms with E-state index in [0.29, 0.717) is 5.56 Å². The Hall–Kier alpha value is -0.410. The van der Waals surface area contributed by atoms with E-state index in [2.05, 4.69) is 15.9 Å². The number of alkyl halides is 1. The lowest BCUT2D eigenvalue weighted by atomic mass is 10.1. The second-order valence-electron chi connectivity index (χ2n) is 2.77. The fourth-order valence-corrected chi connectivity index (χ4v) is 1.71. The monoisotopic (exact) mass is 231 g/mol. The number of halogens is 2. The van der Waals surface area contributed by atoms with Crippen molar-refractivity contribution < 1.29 is 4.39 Å². The van der Waals surface area contributed by atoms with Gasteiger partial charge in [0.15, 0.2) is 0 Å². The van der Waals surface area contributed by atoms with Crippen LogP contribution in [0, 0.1) is 6.92 Å². The van der Waals surface area contributed by atoms with Gasteiger partial charge in [-0.25, -0.2) is 4.39 Å². The van der Waals surface area contributed by atoms with Gasteiger partial charge in [-0.1, -0.05) is 22.0 Å². The zero-order chi connectivity index (χ0) is 9.14. The third-order valence-corrected chi connectivity index (χ3v) is 2.09. The molecule has 0 heterocycles. The molecule has 0 radical (unpaired) electrons. The summed E-state index contributed by atoms with van der Waals surface area (Å²) in [6, 6.07) is 5.50. The molecule has 1 nitrogen and oxygen atoms in total. The molecule has 0 saturated carbocycles. The minimum atomic E-state index is -1.05. The molecule has 0 saturated heterocycles. The molecule has 1 unspecified atom stereocenters. The Morgan fingerprint density at radius 3 is 2.67 bits per heavy atom. The average Bonchev–Trinajstić information content (AvgIpc) is 2.01. The molecule has 1 aromatic rings. The SMILES string of the molecule is Cc1cc(Br)cc(C(F)CN)c1. The molecule has 0 aliphatic carbocycles. The predicted octanol–water partition coefficient (Wildman–Crippen LogP) is 2.73. The first kappa shape index (κ1) is 9.68. The van der Waals surface area contributed by atoms with E-state index < -0.39 is 6.17 Å². The van der Waals surface area contributed by atoms with Crippen LogP contribution in [0.2, 0.25) is 0 Å². The first-order chi connectivity index (χ1) is 5.63. The van der Waals surface area contributed by atoms with E-state index in [0.717, 1.165) is 10.0 Å². The van der Waals surface area contributed by atoms with Crippen molar-refractivity contribution in [2.75, 3.05) is 6.54 Å². The molecular weight excluding hydrogens is 221 g/mol. The van der Waals surface area contributed by atoms with Gasteiger partial charge in [0.05, 0.1) is 0 Å². The van der Waals surface area contributed by atoms with Gasteiger partial charge in [0.25, 0.3) is 0 Å². The Labute approximate surface area is 79.9 Å². The van der Waals surface area contributed by atoms with Crippen LogP contribution >= 0.6 is 15.9 Å². The van der Waals surface area contributed by atoms with Crippen molar-refractivity contribution in [2.45, 2.75) is 13.1 Å². The molecule has 2 N–H and O–H groups in total. The summed E-state index contributed by atoms with van der Waals surface area (Å²) in [6.45, 7) is 1.97. The van der Waals surface area contributed by atoms with E-state index >= 15 is 0 Å². The van der Waals surface area contributed by atoms with Gasteiger partial charge in [0.1, 0.15) is 6.17 Å². The highest BCUT2D eigenvalue weighted by Crippen LogP contribution is 2.22. The zero-order valence-electron chi connectivity index (χ0n) is 6.85. The van der Waals surface area contributed by atoms with E-state index in [1.54, 1.807) is 6.07 Å². The Balaban J connectivity index is 3.00. The average molecular weight is 232 g/mol. The summed E-state index contributed by atoms with van der Waals surface area (Å²) >= 11 is 3.30. The van der Waals surface area contributed by atoms with Crippen LogP contribution < -0.4 is 5.73 Å². The highest BCUT2D eigenvalue weighted by Gasteiger charge is 2.07. The van der Waals surface area contributed by atoms with Crippen molar-refractivity contribution in [2.24, 2.45) is 5.73 Å². The Bertz CT molecular complexity index is 255. The fraction of sp³-hybridized carbons (Fsp3) is 0.333.